The van der Waals surface area contributed by atoms with E-state index in [4.69, 9.17) is 0 Å². The SMILES string of the molecule is O=S(=O)(CC1CCCNC1)NC1CCNC1. The maximum absolute atomic E-state index is 11.9. The zero-order valence-corrected chi connectivity index (χ0v) is 10.4. The van der Waals surface area contributed by atoms with E-state index >= 15 is 0 Å². The summed E-state index contributed by atoms with van der Waals surface area (Å²) in [6.45, 7) is 3.54. The third-order valence-electron chi connectivity index (χ3n) is 3.26. The molecule has 0 aromatic rings. The molecule has 0 radical (unpaired) electrons. The first-order chi connectivity index (χ1) is 7.66. The molecule has 0 spiro atoms. The van der Waals surface area contributed by atoms with Gasteiger partial charge in [-0.1, -0.05) is 0 Å². The van der Waals surface area contributed by atoms with Gasteiger partial charge in [0.25, 0.3) is 0 Å². The van der Waals surface area contributed by atoms with E-state index < -0.39 is 10.0 Å². The number of hydrogen-bond donors (Lipinski definition) is 3. The lowest BCUT2D eigenvalue weighted by molar-refractivity contribution is 0.402. The molecule has 16 heavy (non-hydrogen) atoms. The first-order valence-electron chi connectivity index (χ1n) is 6.07. The van der Waals surface area contributed by atoms with Gasteiger partial charge in [-0.3, -0.25) is 0 Å². The molecule has 0 amide bonds. The van der Waals surface area contributed by atoms with Crippen LogP contribution in [0.1, 0.15) is 19.3 Å². The molecule has 2 saturated heterocycles. The molecule has 2 fully saturated rings. The van der Waals surface area contributed by atoms with Crippen molar-refractivity contribution in [3.63, 3.8) is 0 Å². The lowest BCUT2D eigenvalue weighted by Crippen LogP contribution is -2.42. The summed E-state index contributed by atoms with van der Waals surface area (Å²) in [5.74, 6) is 0.553. The molecule has 5 nitrogen and oxygen atoms in total. The van der Waals surface area contributed by atoms with E-state index in [1.165, 1.54) is 0 Å². The van der Waals surface area contributed by atoms with E-state index in [-0.39, 0.29) is 17.7 Å². The zero-order valence-electron chi connectivity index (χ0n) is 9.54. The topological polar surface area (TPSA) is 70.2 Å². The largest absolute Gasteiger partial charge is 0.316 e. The highest BCUT2D eigenvalue weighted by Crippen LogP contribution is 2.12. The molecule has 2 rings (SSSR count). The number of rotatable bonds is 4. The second-order valence-corrected chi connectivity index (χ2v) is 6.60. The third-order valence-corrected chi connectivity index (χ3v) is 4.86. The molecular formula is C10H21N3O2S. The van der Waals surface area contributed by atoms with Crippen molar-refractivity contribution >= 4 is 10.0 Å². The van der Waals surface area contributed by atoms with Crippen molar-refractivity contribution in [2.45, 2.75) is 25.3 Å². The molecule has 2 aliphatic heterocycles. The average Bonchev–Trinajstić information content (AvgIpc) is 2.70. The maximum atomic E-state index is 11.9. The van der Waals surface area contributed by atoms with Crippen LogP contribution < -0.4 is 15.4 Å². The minimum absolute atomic E-state index is 0.0987. The highest BCUT2D eigenvalue weighted by Gasteiger charge is 2.25. The molecule has 2 atom stereocenters. The summed E-state index contributed by atoms with van der Waals surface area (Å²) in [4.78, 5) is 0. The molecule has 3 N–H and O–H groups in total. The van der Waals surface area contributed by atoms with Gasteiger partial charge in [0.1, 0.15) is 0 Å². The molecule has 6 heteroatoms. The standard InChI is InChI=1S/C10H21N3O2S/c14-16(15,13-10-3-5-12-7-10)8-9-2-1-4-11-6-9/h9-13H,1-8H2. The number of piperidine rings is 1. The molecule has 0 aliphatic carbocycles. The Morgan fingerprint density at radius 1 is 1.12 bits per heavy atom. The first-order valence-corrected chi connectivity index (χ1v) is 7.72. The van der Waals surface area contributed by atoms with Gasteiger partial charge in [-0.05, 0) is 44.8 Å². The Hall–Kier alpha value is -0.170. The molecule has 2 heterocycles. The van der Waals surface area contributed by atoms with Crippen LogP contribution in [-0.4, -0.2) is 46.4 Å². The van der Waals surface area contributed by atoms with Crippen molar-refractivity contribution in [3.05, 3.63) is 0 Å². The lowest BCUT2D eigenvalue weighted by atomic mass is 10.0. The fourth-order valence-corrected chi connectivity index (χ4v) is 4.14. The van der Waals surface area contributed by atoms with E-state index in [1.807, 2.05) is 0 Å². The van der Waals surface area contributed by atoms with Crippen molar-refractivity contribution in [2.75, 3.05) is 31.9 Å². The fourth-order valence-electron chi connectivity index (χ4n) is 2.43. The van der Waals surface area contributed by atoms with Gasteiger partial charge in [0.05, 0.1) is 5.75 Å². The van der Waals surface area contributed by atoms with Crippen molar-refractivity contribution in [1.82, 2.24) is 15.4 Å². The number of sulfonamides is 1. The highest BCUT2D eigenvalue weighted by atomic mass is 32.2. The van der Waals surface area contributed by atoms with Crippen LogP contribution in [0, 0.1) is 5.92 Å². The van der Waals surface area contributed by atoms with Crippen molar-refractivity contribution in [2.24, 2.45) is 5.92 Å². The molecule has 94 valence electrons. The Kier molecular flexibility index (Phi) is 4.18. The molecule has 0 bridgehead atoms. The number of nitrogens with one attached hydrogen (secondary N) is 3. The molecular weight excluding hydrogens is 226 g/mol. The van der Waals surface area contributed by atoms with Crippen LogP contribution in [0.4, 0.5) is 0 Å². The van der Waals surface area contributed by atoms with E-state index in [1.54, 1.807) is 0 Å². The zero-order chi connectivity index (χ0) is 11.4. The highest BCUT2D eigenvalue weighted by molar-refractivity contribution is 7.89. The van der Waals surface area contributed by atoms with Gasteiger partial charge in [0.15, 0.2) is 0 Å². The summed E-state index contributed by atoms with van der Waals surface area (Å²) >= 11 is 0. The van der Waals surface area contributed by atoms with Crippen LogP contribution >= 0.6 is 0 Å². The summed E-state index contributed by atoms with van der Waals surface area (Å²) in [6, 6.07) is 0.0987. The summed E-state index contributed by atoms with van der Waals surface area (Å²) in [6.07, 6.45) is 3.02. The lowest BCUT2D eigenvalue weighted by Gasteiger charge is -2.23. The Morgan fingerprint density at radius 2 is 1.94 bits per heavy atom. The summed E-state index contributed by atoms with van der Waals surface area (Å²) in [5, 5.41) is 6.41. The van der Waals surface area contributed by atoms with Gasteiger partial charge in [-0.15, -0.1) is 0 Å². The second kappa shape index (κ2) is 5.44. The Balaban J connectivity index is 1.81. The minimum Gasteiger partial charge on any atom is -0.316 e. The summed E-state index contributed by atoms with van der Waals surface area (Å²) < 4.78 is 26.6. The fraction of sp³-hybridized carbons (Fsp3) is 1.00. The van der Waals surface area contributed by atoms with Gasteiger partial charge >= 0.3 is 0 Å². The van der Waals surface area contributed by atoms with Crippen molar-refractivity contribution < 1.29 is 8.42 Å². The maximum Gasteiger partial charge on any atom is 0.212 e. The Labute approximate surface area is 97.4 Å². The predicted octanol–water partition coefficient (Wildman–Crippen LogP) is -0.733. The third kappa shape index (κ3) is 3.69. The second-order valence-electron chi connectivity index (χ2n) is 4.80. The average molecular weight is 247 g/mol. The van der Waals surface area contributed by atoms with E-state index in [0.717, 1.165) is 45.4 Å². The quantitative estimate of drug-likeness (QED) is 0.612. The van der Waals surface area contributed by atoms with Crippen LogP contribution in [0.2, 0.25) is 0 Å². The molecule has 0 aromatic carbocycles. The van der Waals surface area contributed by atoms with Gasteiger partial charge < -0.3 is 10.6 Å². The van der Waals surface area contributed by atoms with Gasteiger partial charge in [0, 0.05) is 12.6 Å². The van der Waals surface area contributed by atoms with E-state index in [9.17, 15) is 8.42 Å². The van der Waals surface area contributed by atoms with Crippen LogP contribution in [-0.2, 0) is 10.0 Å². The molecule has 0 saturated carbocycles. The van der Waals surface area contributed by atoms with Gasteiger partial charge in [-0.25, -0.2) is 13.1 Å². The van der Waals surface area contributed by atoms with E-state index in [0.29, 0.717) is 0 Å². The Bertz CT molecular complexity index is 306. The van der Waals surface area contributed by atoms with Gasteiger partial charge in [-0.2, -0.15) is 0 Å². The summed E-state index contributed by atoms with van der Waals surface area (Å²) in [7, 11) is -3.09. The first kappa shape index (κ1) is 12.3. The minimum atomic E-state index is -3.09. The smallest absolute Gasteiger partial charge is 0.212 e. The van der Waals surface area contributed by atoms with Crippen molar-refractivity contribution in [1.29, 1.82) is 0 Å². The Morgan fingerprint density at radius 3 is 2.56 bits per heavy atom. The molecule has 2 unspecified atom stereocenters. The van der Waals surface area contributed by atoms with Crippen LogP contribution in [0.15, 0.2) is 0 Å². The summed E-state index contributed by atoms with van der Waals surface area (Å²) in [5.41, 5.74) is 0. The molecule has 0 aromatic heterocycles. The van der Waals surface area contributed by atoms with Crippen LogP contribution in [0.3, 0.4) is 0 Å². The van der Waals surface area contributed by atoms with Crippen LogP contribution in [0.5, 0.6) is 0 Å². The predicted molar refractivity (Wildman–Crippen MR) is 63.8 cm³/mol. The van der Waals surface area contributed by atoms with E-state index in [2.05, 4.69) is 15.4 Å². The normalized spacial score (nSPS) is 31.8. The number of hydrogen-bond acceptors (Lipinski definition) is 4. The van der Waals surface area contributed by atoms with Gasteiger partial charge in [0.2, 0.25) is 10.0 Å². The monoisotopic (exact) mass is 247 g/mol. The molecule has 2 aliphatic rings. The van der Waals surface area contributed by atoms with Crippen molar-refractivity contribution in [3.8, 4) is 0 Å². The van der Waals surface area contributed by atoms with Crippen LogP contribution in [0.25, 0.3) is 0 Å².